The minimum atomic E-state index is -0.984. The molecule has 1 N–H and O–H groups in total. The average Bonchev–Trinajstić information content (AvgIpc) is 2.14. The second kappa shape index (κ2) is 5.45. The highest BCUT2D eigenvalue weighted by atomic mass is 79.9. The number of ketones is 1. The topological polar surface area (TPSA) is 54.4 Å². The summed E-state index contributed by atoms with van der Waals surface area (Å²) >= 11 is 3.14. The Balaban J connectivity index is 3.08. The summed E-state index contributed by atoms with van der Waals surface area (Å²) in [5.74, 6) is -1.15. The van der Waals surface area contributed by atoms with E-state index in [9.17, 15) is 9.59 Å². The number of carbonyl (C=O) groups excluding carboxylic acids is 1. The van der Waals surface area contributed by atoms with Crippen LogP contribution in [0, 0.1) is 20.8 Å². The molecule has 1 rings (SSSR count). The van der Waals surface area contributed by atoms with Crippen molar-refractivity contribution in [2.75, 3.05) is 0 Å². The Hall–Kier alpha value is -1.16. The second-order valence-corrected chi connectivity index (χ2v) is 5.31. The standard InChI is InChI=1S/C13H15BrO3/c1-7-4-8(2)12(9(3)5-7)13(17)10(14)6-11(15)16/h4-5,10H,6H2,1-3H3,(H,15,16). The summed E-state index contributed by atoms with van der Waals surface area (Å²) in [6, 6.07) is 3.86. The molecule has 0 fully saturated rings. The van der Waals surface area contributed by atoms with Crippen molar-refractivity contribution >= 4 is 27.7 Å². The van der Waals surface area contributed by atoms with Crippen LogP contribution in [0.2, 0.25) is 0 Å². The molecule has 0 aromatic heterocycles. The number of carbonyl (C=O) groups is 2. The van der Waals surface area contributed by atoms with Gasteiger partial charge in [0, 0.05) is 5.56 Å². The van der Waals surface area contributed by atoms with Crippen LogP contribution in [0.1, 0.15) is 33.5 Å². The molecule has 0 saturated heterocycles. The van der Waals surface area contributed by atoms with Gasteiger partial charge >= 0.3 is 5.97 Å². The molecule has 0 amide bonds. The molecule has 0 heterocycles. The lowest BCUT2D eigenvalue weighted by molar-refractivity contribution is -0.136. The molecule has 17 heavy (non-hydrogen) atoms. The number of benzene rings is 1. The first kappa shape index (κ1) is 13.9. The highest BCUT2D eigenvalue weighted by Crippen LogP contribution is 2.21. The first-order valence-corrected chi connectivity index (χ1v) is 6.22. The van der Waals surface area contributed by atoms with Crippen molar-refractivity contribution in [1.29, 1.82) is 0 Å². The number of aliphatic carboxylic acids is 1. The van der Waals surface area contributed by atoms with E-state index in [4.69, 9.17) is 5.11 Å². The van der Waals surface area contributed by atoms with Crippen molar-refractivity contribution in [3.8, 4) is 0 Å². The number of hydrogen-bond donors (Lipinski definition) is 1. The number of Topliss-reactive ketones (excluding diaryl/α,β-unsaturated/α-hetero) is 1. The molecule has 0 radical (unpaired) electrons. The van der Waals surface area contributed by atoms with Gasteiger partial charge in [0.05, 0.1) is 11.2 Å². The van der Waals surface area contributed by atoms with Crippen molar-refractivity contribution in [3.05, 3.63) is 34.4 Å². The van der Waals surface area contributed by atoms with Crippen LogP contribution in [0.3, 0.4) is 0 Å². The smallest absolute Gasteiger partial charge is 0.304 e. The van der Waals surface area contributed by atoms with Gasteiger partial charge in [-0.05, 0) is 31.9 Å². The molecule has 0 aliphatic heterocycles. The average molecular weight is 299 g/mol. The Kier molecular flexibility index (Phi) is 4.46. The zero-order valence-corrected chi connectivity index (χ0v) is 11.7. The monoisotopic (exact) mass is 298 g/mol. The first-order chi connectivity index (χ1) is 7.82. The third-order valence-corrected chi connectivity index (χ3v) is 3.30. The van der Waals surface area contributed by atoms with Crippen LogP contribution in [0.4, 0.5) is 0 Å². The van der Waals surface area contributed by atoms with Crippen LogP contribution in [-0.2, 0) is 4.79 Å². The molecule has 92 valence electrons. The summed E-state index contributed by atoms with van der Waals surface area (Å²) < 4.78 is 0. The molecule has 1 atom stereocenters. The maximum absolute atomic E-state index is 12.1. The number of alkyl halides is 1. The van der Waals surface area contributed by atoms with Crippen LogP contribution in [0.5, 0.6) is 0 Å². The quantitative estimate of drug-likeness (QED) is 0.687. The lowest BCUT2D eigenvalue weighted by atomic mass is 9.94. The number of carboxylic acid groups (broad SMARTS) is 1. The van der Waals surface area contributed by atoms with E-state index in [2.05, 4.69) is 15.9 Å². The molecule has 3 nitrogen and oxygen atoms in total. The predicted octanol–water partition coefficient (Wildman–Crippen LogP) is 3.03. The fourth-order valence-corrected chi connectivity index (χ4v) is 2.48. The van der Waals surface area contributed by atoms with Crippen molar-refractivity contribution in [2.24, 2.45) is 0 Å². The molecule has 1 aromatic carbocycles. The summed E-state index contributed by atoms with van der Waals surface area (Å²) in [5, 5.41) is 8.68. The summed E-state index contributed by atoms with van der Waals surface area (Å²) in [4.78, 5) is 22.0. The van der Waals surface area contributed by atoms with Gasteiger partial charge in [-0.2, -0.15) is 0 Å². The van der Waals surface area contributed by atoms with E-state index in [1.54, 1.807) is 0 Å². The molecule has 0 aliphatic carbocycles. The fourth-order valence-electron chi connectivity index (χ4n) is 1.97. The summed E-state index contributed by atoms with van der Waals surface area (Å²) in [6.45, 7) is 5.71. The van der Waals surface area contributed by atoms with E-state index < -0.39 is 10.8 Å². The van der Waals surface area contributed by atoms with Crippen molar-refractivity contribution in [3.63, 3.8) is 0 Å². The van der Waals surface area contributed by atoms with Crippen LogP contribution in [0.25, 0.3) is 0 Å². The minimum absolute atomic E-state index is 0.164. The molecule has 1 unspecified atom stereocenters. The van der Waals surface area contributed by atoms with E-state index in [1.165, 1.54) is 0 Å². The summed E-state index contributed by atoms with van der Waals surface area (Å²) in [6.07, 6.45) is -0.203. The van der Waals surface area contributed by atoms with E-state index in [0.717, 1.165) is 16.7 Å². The highest BCUT2D eigenvalue weighted by molar-refractivity contribution is 9.10. The van der Waals surface area contributed by atoms with E-state index in [1.807, 2.05) is 32.9 Å². The molecular formula is C13H15BrO3. The van der Waals surface area contributed by atoms with Crippen LogP contribution in [-0.4, -0.2) is 21.7 Å². The highest BCUT2D eigenvalue weighted by Gasteiger charge is 2.22. The molecule has 1 aromatic rings. The van der Waals surface area contributed by atoms with E-state index in [0.29, 0.717) is 5.56 Å². The van der Waals surface area contributed by atoms with E-state index in [-0.39, 0.29) is 12.2 Å². The number of aryl methyl sites for hydroxylation is 3. The Morgan fingerprint density at radius 3 is 2.12 bits per heavy atom. The zero-order chi connectivity index (χ0) is 13.2. The Morgan fingerprint density at radius 1 is 1.24 bits per heavy atom. The Morgan fingerprint density at radius 2 is 1.71 bits per heavy atom. The Bertz CT molecular complexity index is 443. The SMILES string of the molecule is Cc1cc(C)c(C(=O)C(Br)CC(=O)O)c(C)c1. The number of carboxylic acids is 1. The largest absolute Gasteiger partial charge is 0.481 e. The van der Waals surface area contributed by atoms with Gasteiger partial charge in [-0.3, -0.25) is 9.59 Å². The maximum Gasteiger partial charge on any atom is 0.304 e. The maximum atomic E-state index is 12.1. The van der Waals surface area contributed by atoms with Gasteiger partial charge in [0.2, 0.25) is 0 Å². The van der Waals surface area contributed by atoms with Gasteiger partial charge in [-0.15, -0.1) is 0 Å². The van der Waals surface area contributed by atoms with Crippen molar-refractivity contribution in [1.82, 2.24) is 0 Å². The number of rotatable bonds is 4. The summed E-state index contributed by atoms with van der Waals surface area (Å²) in [7, 11) is 0. The van der Waals surface area contributed by atoms with Crippen molar-refractivity contribution < 1.29 is 14.7 Å². The lowest BCUT2D eigenvalue weighted by Crippen LogP contribution is -2.20. The van der Waals surface area contributed by atoms with Gasteiger partial charge in [0.25, 0.3) is 0 Å². The fraction of sp³-hybridized carbons (Fsp3) is 0.385. The molecule has 0 bridgehead atoms. The Labute approximate surface area is 109 Å². The molecule has 4 heteroatoms. The second-order valence-electron chi connectivity index (χ2n) is 4.20. The summed E-state index contributed by atoms with van der Waals surface area (Å²) in [5.41, 5.74) is 3.50. The third kappa shape index (κ3) is 3.40. The molecule has 0 saturated carbocycles. The van der Waals surface area contributed by atoms with Crippen LogP contribution < -0.4 is 0 Å². The molecular weight excluding hydrogens is 284 g/mol. The molecule has 0 aliphatic rings. The van der Waals surface area contributed by atoms with Gasteiger partial charge < -0.3 is 5.11 Å². The minimum Gasteiger partial charge on any atom is -0.481 e. The number of hydrogen-bond acceptors (Lipinski definition) is 2. The zero-order valence-electron chi connectivity index (χ0n) is 10.1. The third-order valence-electron chi connectivity index (χ3n) is 2.56. The van der Waals surface area contributed by atoms with Gasteiger partial charge in [-0.1, -0.05) is 33.6 Å². The number of halogens is 1. The van der Waals surface area contributed by atoms with Gasteiger partial charge in [0.15, 0.2) is 5.78 Å². The van der Waals surface area contributed by atoms with Gasteiger partial charge in [0.1, 0.15) is 0 Å². The van der Waals surface area contributed by atoms with Crippen LogP contribution in [0.15, 0.2) is 12.1 Å². The normalized spacial score (nSPS) is 12.2. The molecule has 0 spiro atoms. The van der Waals surface area contributed by atoms with Crippen molar-refractivity contribution in [2.45, 2.75) is 32.0 Å². The van der Waals surface area contributed by atoms with Crippen LogP contribution >= 0.6 is 15.9 Å². The lowest BCUT2D eigenvalue weighted by Gasteiger charge is -2.13. The first-order valence-electron chi connectivity index (χ1n) is 5.31. The van der Waals surface area contributed by atoms with Gasteiger partial charge in [-0.25, -0.2) is 0 Å². The van der Waals surface area contributed by atoms with E-state index >= 15 is 0 Å². The predicted molar refractivity (Wildman–Crippen MR) is 70.0 cm³/mol.